The summed E-state index contributed by atoms with van der Waals surface area (Å²) in [6.07, 6.45) is 0.619. The van der Waals surface area contributed by atoms with Crippen LogP contribution in [0.1, 0.15) is 32.3 Å². The normalized spacial score (nSPS) is 21.2. The molecular weight excluding hydrogens is 270 g/mol. The molecule has 0 spiro atoms. The van der Waals surface area contributed by atoms with E-state index in [4.69, 9.17) is 9.47 Å². The van der Waals surface area contributed by atoms with Crippen molar-refractivity contribution in [2.24, 2.45) is 0 Å². The van der Waals surface area contributed by atoms with Gasteiger partial charge in [-0.2, -0.15) is 0 Å². The number of hydrogen-bond donors (Lipinski definition) is 0. The van der Waals surface area contributed by atoms with Crippen LogP contribution in [0.15, 0.2) is 30.3 Å². The van der Waals surface area contributed by atoms with Gasteiger partial charge in [-0.3, -0.25) is 4.90 Å². The Labute approximate surface area is 124 Å². The minimum absolute atomic E-state index is 0.293. The fraction of sp³-hybridized carbons (Fsp3) is 0.500. The second-order valence-corrected chi connectivity index (χ2v) is 5.02. The SMILES string of the molecule is CCC[C@@H]1OC(=O)N(Cc2ccccc2)[C@H]1C(=O)OCC. The van der Waals surface area contributed by atoms with Gasteiger partial charge in [-0.25, -0.2) is 9.59 Å². The molecule has 1 amide bonds. The number of carbonyl (C=O) groups excluding carboxylic acids is 2. The monoisotopic (exact) mass is 291 g/mol. The first-order valence-corrected chi connectivity index (χ1v) is 7.35. The van der Waals surface area contributed by atoms with Crippen LogP contribution >= 0.6 is 0 Å². The van der Waals surface area contributed by atoms with Gasteiger partial charge in [0, 0.05) is 0 Å². The van der Waals surface area contributed by atoms with E-state index in [2.05, 4.69) is 0 Å². The molecule has 0 saturated carbocycles. The van der Waals surface area contributed by atoms with Gasteiger partial charge in [-0.05, 0) is 18.9 Å². The number of rotatable bonds is 6. The average Bonchev–Trinajstić information content (AvgIpc) is 2.77. The number of amides is 1. The molecule has 1 aliphatic heterocycles. The van der Waals surface area contributed by atoms with E-state index in [-0.39, 0.29) is 0 Å². The fourth-order valence-electron chi connectivity index (χ4n) is 2.53. The molecule has 0 N–H and O–H groups in total. The Hall–Kier alpha value is -2.04. The van der Waals surface area contributed by atoms with Gasteiger partial charge in [0.2, 0.25) is 0 Å². The third kappa shape index (κ3) is 3.54. The van der Waals surface area contributed by atoms with Gasteiger partial charge in [0.25, 0.3) is 0 Å². The summed E-state index contributed by atoms with van der Waals surface area (Å²) in [5.74, 6) is -0.391. The maximum absolute atomic E-state index is 12.2. The Balaban J connectivity index is 2.19. The van der Waals surface area contributed by atoms with Crippen LogP contribution in [0.25, 0.3) is 0 Å². The van der Waals surface area contributed by atoms with E-state index >= 15 is 0 Å². The fourth-order valence-corrected chi connectivity index (χ4v) is 2.53. The summed E-state index contributed by atoms with van der Waals surface area (Å²) < 4.78 is 10.5. The third-order valence-electron chi connectivity index (χ3n) is 3.47. The van der Waals surface area contributed by atoms with Gasteiger partial charge < -0.3 is 9.47 Å². The lowest BCUT2D eigenvalue weighted by Crippen LogP contribution is -2.43. The van der Waals surface area contributed by atoms with Crippen molar-refractivity contribution in [3.63, 3.8) is 0 Å². The highest BCUT2D eigenvalue weighted by Crippen LogP contribution is 2.26. The van der Waals surface area contributed by atoms with Crippen LogP contribution in [0.3, 0.4) is 0 Å². The van der Waals surface area contributed by atoms with Gasteiger partial charge in [0.1, 0.15) is 6.10 Å². The first-order chi connectivity index (χ1) is 10.2. The molecule has 21 heavy (non-hydrogen) atoms. The summed E-state index contributed by atoms with van der Waals surface area (Å²) >= 11 is 0. The quantitative estimate of drug-likeness (QED) is 0.756. The molecule has 5 nitrogen and oxygen atoms in total. The maximum atomic E-state index is 12.2. The summed E-state index contributed by atoms with van der Waals surface area (Å²) in [6, 6.07) is 8.90. The largest absolute Gasteiger partial charge is 0.464 e. The number of esters is 1. The number of carbonyl (C=O) groups is 2. The molecule has 1 aliphatic rings. The summed E-state index contributed by atoms with van der Waals surface area (Å²) in [6.45, 7) is 4.40. The zero-order valence-electron chi connectivity index (χ0n) is 12.5. The van der Waals surface area contributed by atoms with Crippen LogP contribution in [0.4, 0.5) is 4.79 Å². The maximum Gasteiger partial charge on any atom is 0.411 e. The van der Waals surface area contributed by atoms with Crippen molar-refractivity contribution in [1.82, 2.24) is 4.90 Å². The Kier molecular flexibility index (Phi) is 5.20. The number of benzene rings is 1. The van der Waals surface area contributed by atoms with E-state index in [1.165, 1.54) is 4.90 Å². The van der Waals surface area contributed by atoms with E-state index in [0.29, 0.717) is 19.6 Å². The van der Waals surface area contributed by atoms with Crippen LogP contribution in [0.2, 0.25) is 0 Å². The highest BCUT2D eigenvalue weighted by Gasteiger charge is 2.46. The predicted molar refractivity (Wildman–Crippen MR) is 77.6 cm³/mol. The van der Waals surface area contributed by atoms with E-state index in [9.17, 15) is 9.59 Å². The van der Waals surface area contributed by atoms with Crippen LogP contribution in [0.5, 0.6) is 0 Å². The van der Waals surface area contributed by atoms with Crippen molar-refractivity contribution in [2.75, 3.05) is 6.61 Å². The average molecular weight is 291 g/mol. The van der Waals surface area contributed by atoms with Crippen molar-refractivity contribution in [2.45, 2.75) is 45.4 Å². The lowest BCUT2D eigenvalue weighted by molar-refractivity contribution is -0.149. The van der Waals surface area contributed by atoms with Gasteiger partial charge in [0.05, 0.1) is 13.2 Å². The van der Waals surface area contributed by atoms with Crippen LogP contribution < -0.4 is 0 Å². The number of hydrogen-bond acceptors (Lipinski definition) is 4. The molecule has 0 bridgehead atoms. The molecule has 5 heteroatoms. The van der Waals surface area contributed by atoms with Crippen molar-refractivity contribution in [3.8, 4) is 0 Å². The van der Waals surface area contributed by atoms with Crippen molar-refractivity contribution in [1.29, 1.82) is 0 Å². The van der Waals surface area contributed by atoms with E-state index < -0.39 is 24.2 Å². The second kappa shape index (κ2) is 7.11. The molecule has 2 atom stereocenters. The number of nitrogens with zero attached hydrogens (tertiary/aromatic N) is 1. The molecule has 1 saturated heterocycles. The van der Waals surface area contributed by atoms with E-state index in [1.807, 2.05) is 37.3 Å². The van der Waals surface area contributed by atoms with Crippen LogP contribution in [-0.4, -0.2) is 35.7 Å². The van der Waals surface area contributed by atoms with Gasteiger partial charge in [-0.1, -0.05) is 43.7 Å². The van der Waals surface area contributed by atoms with Crippen molar-refractivity contribution in [3.05, 3.63) is 35.9 Å². The Morgan fingerprint density at radius 1 is 1.29 bits per heavy atom. The minimum Gasteiger partial charge on any atom is -0.464 e. The van der Waals surface area contributed by atoms with Crippen molar-refractivity contribution >= 4 is 12.1 Å². The molecule has 0 aromatic heterocycles. The Bertz CT molecular complexity index is 488. The number of cyclic esters (lactones) is 1. The highest BCUT2D eigenvalue weighted by atomic mass is 16.6. The van der Waals surface area contributed by atoms with Crippen LogP contribution in [-0.2, 0) is 20.8 Å². The lowest BCUT2D eigenvalue weighted by Gasteiger charge is -2.22. The third-order valence-corrected chi connectivity index (χ3v) is 3.47. The van der Waals surface area contributed by atoms with Gasteiger partial charge >= 0.3 is 12.1 Å². The predicted octanol–water partition coefficient (Wildman–Crippen LogP) is 2.74. The highest BCUT2D eigenvalue weighted by molar-refractivity contribution is 5.85. The molecule has 1 aromatic rings. The number of ether oxygens (including phenoxy) is 2. The molecule has 1 aromatic carbocycles. The molecule has 0 aliphatic carbocycles. The summed E-state index contributed by atoms with van der Waals surface area (Å²) in [7, 11) is 0. The van der Waals surface area contributed by atoms with E-state index in [1.54, 1.807) is 6.92 Å². The smallest absolute Gasteiger partial charge is 0.411 e. The molecule has 2 rings (SSSR count). The molecule has 1 heterocycles. The zero-order valence-corrected chi connectivity index (χ0v) is 12.5. The topological polar surface area (TPSA) is 55.8 Å². The molecular formula is C16H21NO4. The lowest BCUT2D eigenvalue weighted by atomic mass is 10.1. The first-order valence-electron chi connectivity index (χ1n) is 7.35. The molecule has 0 radical (unpaired) electrons. The molecule has 1 fully saturated rings. The van der Waals surface area contributed by atoms with E-state index in [0.717, 1.165) is 12.0 Å². The standard InChI is InChI=1S/C16H21NO4/c1-3-8-13-14(15(18)20-4-2)17(16(19)21-13)11-12-9-6-5-7-10-12/h5-7,9-10,13-14H,3-4,8,11H2,1-2H3/t13-,14+/m0/s1. The Morgan fingerprint density at radius 2 is 2.00 bits per heavy atom. The van der Waals surface area contributed by atoms with Gasteiger partial charge in [-0.15, -0.1) is 0 Å². The molecule has 0 unspecified atom stereocenters. The van der Waals surface area contributed by atoms with Crippen LogP contribution in [0, 0.1) is 0 Å². The van der Waals surface area contributed by atoms with Crippen molar-refractivity contribution < 1.29 is 19.1 Å². The summed E-state index contributed by atoms with van der Waals surface area (Å²) in [5, 5.41) is 0. The van der Waals surface area contributed by atoms with Gasteiger partial charge in [0.15, 0.2) is 6.04 Å². The Morgan fingerprint density at radius 3 is 2.62 bits per heavy atom. The minimum atomic E-state index is -0.655. The molecule has 114 valence electrons. The summed E-state index contributed by atoms with van der Waals surface area (Å²) in [5.41, 5.74) is 0.959. The second-order valence-electron chi connectivity index (χ2n) is 5.02. The summed E-state index contributed by atoms with van der Waals surface area (Å²) in [4.78, 5) is 25.7. The zero-order chi connectivity index (χ0) is 15.2. The first kappa shape index (κ1) is 15.4.